The van der Waals surface area contributed by atoms with Crippen LogP contribution in [0.3, 0.4) is 0 Å². The lowest BCUT2D eigenvalue weighted by atomic mass is 10.2. The van der Waals surface area contributed by atoms with Crippen molar-refractivity contribution in [2.45, 2.75) is 27.7 Å². The van der Waals surface area contributed by atoms with Crippen LogP contribution in [0.15, 0.2) is 84.9 Å². The lowest BCUT2D eigenvalue weighted by molar-refractivity contribution is 1.01. The van der Waals surface area contributed by atoms with Gasteiger partial charge < -0.3 is 4.57 Å². The molecule has 1 aromatic heterocycles. The molecule has 0 atom stereocenters. The van der Waals surface area contributed by atoms with E-state index in [0.29, 0.717) is 0 Å². The summed E-state index contributed by atoms with van der Waals surface area (Å²) in [5, 5.41) is 2.68. The Labute approximate surface area is 146 Å². The van der Waals surface area contributed by atoms with E-state index in [1.165, 1.54) is 21.8 Å². The topological polar surface area (TPSA) is 4.93 Å². The fourth-order valence-corrected chi connectivity index (χ4v) is 2.50. The number of fused-ring (bicyclic) bond motifs is 3. The van der Waals surface area contributed by atoms with Crippen molar-refractivity contribution in [2.75, 3.05) is 0 Å². The number of para-hydroxylation sites is 2. The molecular formula is C23H29N. The first-order valence-corrected chi connectivity index (χ1v) is 8.80. The molecule has 0 radical (unpaired) electrons. The fraction of sp³-hybridized carbons (Fsp3) is 0.217. The summed E-state index contributed by atoms with van der Waals surface area (Å²) in [5.74, 6) is 0. The van der Waals surface area contributed by atoms with Crippen molar-refractivity contribution in [3.05, 3.63) is 84.9 Å². The summed E-state index contributed by atoms with van der Waals surface area (Å²) in [5.41, 5.74) is 2.60. The van der Waals surface area contributed by atoms with Gasteiger partial charge >= 0.3 is 0 Å². The second-order valence-electron chi connectivity index (χ2n) is 4.75. The molecule has 0 aliphatic carbocycles. The van der Waals surface area contributed by atoms with E-state index in [1.54, 1.807) is 0 Å². The van der Waals surface area contributed by atoms with Gasteiger partial charge in [0.2, 0.25) is 0 Å². The van der Waals surface area contributed by atoms with E-state index in [0.717, 1.165) is 0 Å². The summed E-state index contributed by atoms with van der Waals surface area (Å²) in [7, 11) is 2.12. The third kappa shape index (κ3) is 4.73. The van der Waals surface area contributed by atoms with E-state index in [1.807, 2.05) is 64.1 Å². The molecule has 0 amide bonds. The highest BCUT2D eigenvalue weighted by molar-refractivity contribution is 6.07. The molecule has 0 fully saturated rings. The van der Waals surface area contributed by atoms with Crippen LogP contribution in [0.4, 0.5) is 0 Å². The summed E-state index contributed by atoms with van der Waals surface area (Å²) in [4.78, 5) is 0. The summed E-state index contributed by atoms with van der Waals surface area (Å²) >= 11 is 0. The smallest absolute Gasteiger partial charge is 0.0488 e. The quantitative estimate of drug-likeness (QED) is 0.326. The van der Waals surface area contributed by atoms with E-state index in [2.05, 4.69) is 60.1 Å². The van der Waals surface area contributed by atoms with Gasteiger partial charge in [0.25, 0.3) is 0 Å². The number of nitrogens with zero attached hydrogens (tertiary/aromatic N) is 1. The average molecular weight is 319 g/mol. The highest BCUT2D eigenvalue weighted by Gasteiger charge is 2.04. The van der Waals surface area contributed by atoms with Crippen LogP contribution >= 0.6 is 0 Å². The van der Waals surface area contributed by atoms with Gasteiger partial charge in [0, 0.05) is 28.9 Å². The molecule has 0 unspecified atom stereocenters. The Hall–Kier alpha value is -2.54. The number of aromatic nitrogens is 1. The molecule has 0 saturated carbocycles. The predicted molar refractivity (Wildman–Crippen MR) is 110 cm³/mol. The highest BCUT2D eigenvalue weighted by Crippen LogP contribution is 2.26. The number of benzene rings is 3. The minimum atomic E-state index is 1.30. The summed E-state index contributed by atoms with van der Waals surface area (Å²) < 4.78 is 2.24. The van der Waals surface area contributed by atoms with Crippen LogP contribution in [0, 0.1) is 0 Å². The van der Waals surface area contributed by atoms with Crippen LogP contribution in [0.2, 0.25) is 0 Å². The zero-order valence-electron chi connectivity index (χ0n) is 15.5. The van der Waals surface area contributed by atoms with Crippen LogP contribution in [-0.2, 0) is 7.05 Å². The monoisotopic (exact) mass is 319 g/mol. The predicted octanol–water partition coefficient (Wildman–Crippen LogP) is 7.07. The Morgan fingerprint density at radius 2 is 0.750 bits per heavy atom. The van der Waals surface area contributed by atoms with Gasteiger partial charge in [-0.2, -0.15) is 0 Å². The lowest BCUT2D eigenvalue weighted by Gasteiger charge is -1.95. The molecule has 4 aromatic rings. The van der Waals surface area contributed by atoms with Crippen molar-refractivity contribution in [1.29, 1.82) is 0 Å². The molecule has 1 nitrogen and oxygen atoms in total. The van der Waals surface area contributed by atoms with Crippen LogP contribution in [0.25, 0.3) is 21.8 Å². The summed E-state index contributed by atoms with van der Waals surface area (Å²) in [6, 6.07) is 29.0. The van der Waals surface area contributed by atoms with Crippen molar-refractivity contribution in [1.82, 2.24) is 4.57 Å². The number of rotatable bonds is 0. The number of hydrogen-bond donors (Lipinski definition) is 0. The Kier molecular flexibility index (Phi) is 8.99. The second-order valence-corrected chi connectivity index (χ2v) is 4.75. The van der Waals surface area contributed by atoms with Crippen LogP contribution < -0.4 is 0 Å². The van der Waals surface area contributed by atoms with Crippen LogP contribution in [0.1, 0.15) is 27.7 Å². The van der Waals surface area contributed by atoms with E-state index in [4.69, 9.17) is 0 Å². The first-order valence-electron chi connectivity index (χ1n) is 8.80. The van der Waals surface area contributed by atoms with Gasteiger partial charge in [-0.3, -0.25) is 0 Å². The van der Waals surface area contributed by atoms with E-state index >= 15 is 0 Å². The molecule has 3 aromatic carbocycles. The SMILES string of the molecule is CC.CC.Cn1c2ccccc2c2ccccc21.c1ccccc1. The maximum absolute atomic E-state index is 2.24. The van der Waals surface area contributed by atoms with Gasteiger partial charge in [-0.1, -0.05) is 100 Å². The Bertz CT molecular complexity index is 733. The van der Waals surface area contributed by atoms with Crippen molar-refractivity contribution >= 4 is 21.8 Å². The molecule has 1 heterocycles. The van der Waals surface area contributed by atoms with E-state index in [-0.39, 0.29) is 0 Å². The van der Waals surface area contributed by atoms with Gasteiger partial charge in [0.05, 0.1) is 0 Å². The molecule has 0 aliphatic heterocycles. The first-order chi connectivity index (χ1) is 11.9. The van der Waals surface area contributed by atoms with Crippen molar-refractivity contribution in [3.63, 3.8) is 0 Å². The normalized spacial score (nSPS) is 9.04. The molecule has 0 bridgehead atoms. The van der Waals surface area contributed by atoms with E-state index < -0.39 is 0 Å². The summed E-state index contributed by atoms with van der Waals surface area (Å²) in [6.07, 6.45) is 0. The Morgan fingerprint density at radius 1 is 0.458 bits per heavy atom. The van der Waals surface area contributed by atoms with Gasteiger partial charge in [-0.25, -0.2) is 0 Å². The zero-order chi connectivity index (χ0) is 17.8. The zero-order valence-corrected chi connectivity index (χ0v) is 15.5. The maximum atomic E-state index is 2.24. The standard InChI is InChI=1S/C13H11N.C6H6.2C2H6/c1-14-12-8-4-2-6-10(12)11-7-3-5-9-13(11)14;1-2-4-6-5-3-1;2*1-2/h2-9H,1H3;1-6H;2*1-2H3. The molecule has 0 spiro atoms. The molecule has 1 heteroatoms. The molecular weight excluding hydrogens is 290 g/mol. The first kappa shape index (κ1) is 19.5. The maximum Gasteiger partial charge on any atom is 0.0488 e. The third-order valence-electron chi connectivity index (χ3n) is 3.49. The van der Waals surface area contributed by atoms with Crippen molar-refractivity contribution in [3.8, 4) is 0 Å². The van der Waals surface area contributed by atoms with Crippen LogP contribution in [-0.4, -0.2) is 4.57 Å². The molecule has 4 rings (SSSR count). The molecule has 24 heavy (non-hydrogen) atoms. The number of aryl methyl sites for hydroxylation is 1. The third-order valence-corrected chi connectivity index (χ3v) is 3.49. The minimum absolute atomic E-state index is 1.30. The largest absolute Gasteiger partial charge is 0.344 e. The van der Waals surface area contributed by atoms with Crippen molar-refractivity contribution in [2.24, 2.45) is 7.05 Å². The van der Waals surface area contributed by atoms with Gasteiger partial charge in [0.15, 0.2) is 0 Å². The fourth-order valence-electron chi connectivity index (χ4n) is 2.50. The molecule has 0 aliphatic rings. The van der Waals surface area contributed by atoms with Gasteiger partial charge in [-0.05, 0) is 12.1 Å². The summed E-state index contributed by atoms with van der Waals surface area (Å²) in [6.45, 7) is 8.00. The van der Waals surface area contributed by atoms with Crippen molar-refractivity contribution < 1.29 is 0 Å². The Balaban J connectivity index is 0.000000243. The van der Waals surface area contributed by atoms with Gasteiger partial charge in [0.1, 0.15) is 0 Å². The number of hydrogen-bond acceptors (Lipinski definition) is 0. The molecule has 0 N–H and O–H groups in total. The Morgan fingerprint density at radius 3 is 1.08 bits per heavy atom. The van der Waals surface area contributed by atoms with E-state index in [9.17, 15) is 0 Å². The lowest BCUT2D eigenvalue weighted by Crippen LogP contribution is -1.84. The minimum Gasteiger partial charge on any atom is -0.344 e. The second kappa shape index (κ2) is 11.1. The van der Waals surface area contributed by atoms with Gasteiger partial charge in [-0.15, -0.1) is 0 Å². The molecule has 0 saturated heterocycles. The van der Waals surface area contributed by atoms with Crippen LogP contribution in [0.5, 0.6) is 0 Å². The average Bonchev–Trinajstić information content (AvgIpc) is 3.00. The molecule has 126 valence electrons. The highest BCUT2D eigenvalue weighted by atomic mass is 14.9.